The second-order valence-corrected chi connectivity index (χ2v) is 5.58. The Morgan fingerprint density at radius 2 is 2.00 bits per heavy atom. The third-order valence-corrected chi connectivity index (χ3v) is 3.77. The summed E-state index contributed by atoms with van der Waals surface area (Å²) in [6.07, 6.45) is 0. The van der Waals surface area contributed by atoms with Crippen LogP contribution in [-0.2, 0) is 4.79 Å². The van der Waals surface area contributed by atoms with Crippen LogP contribution < -0.4 is 0 Å². The van der Waals surface area contributed by atoms with E-state index in [0.717, 1.165) is 10.4 Å². The van der Waals surface area contributed by atoms with Crippen molar-refractivity contribution < 1.29 is 14.7 Å². The van der Waals surface area contributed by atoms with Crippen LogP contribution in [-0.4, -0.2) is 61.0 Å². The molecule has 6 heteroatoms. The minimum absolute atomic E-state index is 0.0421. The molecule has 0 unspecified atom stereocenters. The van der Waals surface area contributed by atoms with E-state index in [4.69, 9.17) is 5.11 Å². The maximum atomic E-state index is 12.2. The van der Waals surface area contributed by atoms with Crippen molar-refractivity contribution in [3.05, 3.63) is 21.4 Å². The molecule has 0 aliphatic carbocycles. The predicted octanol–water partition coefficient (Wildman–Crippen LogP) is 0.561. The second kappa shape index (κ2) is 7.08. The molecule has 0 spiro atoms. The molecule has 108 valence electrons. The summed E-state index contributed by atoms with van der Waals surface area (Å²) in [6, 6.07) is 1.75. The number of carbonyl (C=O) groups is 2. The number of carbonyl (C=O) groups excluding carboxylic acids is 2. The number of hydrogen-bond acceptors (Lipinski definition) is 4. The topological polar surface area (TPSA) is 60.9 Å². The summed E-state index contributed by atoms with van der Waals surface area (Å²) in [5.41, 5.74) is 0.895. The van der Waals surface area contributed by atoms with Crippen LogP contribution in [0.3, 0.4) is 0 Å². The van der Waals surface area contributed by atoms with E-state index in [1.165, 1.54) is 21.1 Å². The normalized spacial score (nSPS) is 9.65. The first kappa shape index (κ1) is 16.2. The predicted molar refractivity (Wildman–Crippen MR) is 78.7 cm³/mol. The van der Waals surface area contributed by atoms with Gasteiger partial charge < -0.3 is 14.9 Å². The number of nitrogens with zero attached hydrogens (tertiary/aromatic N) is 2. The van der Waals surface area contributed by atoms with Crippen LogP contribution in [0.4, 0.5) is 0 Å². The van der Waals surface area contributed by atoms with Crippen molar-refractivity contribution in [3.63, 3.8) is 0 Å². The molecule has 0 aliphatic heterocycles. The smallest absolute Gasteiger partial charge is 0.264 e. The molecule has 0 aromatic carbocycles. The highest BCUT2D eigenvalue weighted by Crippen LogP contribution is 2.22. The van der Waals surface area contributed by atoms with Crippen molar-refractivity contribution in [3.8, 4) is 11.8 Å². The Balaban J connectivity index is 2.84. The molecule has 0 radical (unpaired) electrons. The molecule has 20 heavy (non-hydrogen) atoms. The maximum absolute atomic E-state index is 12.2. The lowest BCUT2D eigenvalue weighted by atomic mass is 10.2. The zero-order chi connectivity index (χ0) is 15.3. The Bertz CT molecular complexity index is 567. The van der Waals surface area contributed by atoms with Gasteiger partial charge in [0.15, 0.2) is 0 Å². The molecule has 0 aliphatic rings. The third kappa shape index (κ3) is 4.08. The summed E-state index contributed by atoms with van der Waals surface area (Å²) in [7, 11) is 4.90. The Hall–Kier alpha value is -1.84. The Kier molecular flexibility index (Phi) is 5.74. The Labute approximate surface area is 122 Å². The molecule has 0 saturated heterocycles. The molecule has 1 aromatic heterocycles. The van der Waals surface area contributed by atoms with Crippen molar-refractivity contribution in [1.29, 1.82) is 0 Å². The van der Waals surface area contributed by atoms with E-state index >= 15 is 0 Å². The van der Waals surface area contributed by atoms with Gasteiger partial charge in [-0.15, -0.1) is 11.3 Å². The number of aryl methyl sites for hydroxylation is 1. The lowest BCUT2D eigenvalue weighted by molar-refractivity contribution is -0.129. The number of likely N-dealkylation sites (N-methyl/N-ethyl adjacent to an activating group) is 2. The molecule has 0 fully saturated rings. The standard InChI is InChI=1S/C14H18N2O3S/c1-10-8-12(20-11(10)6-5-7-17)14(19)16(4)9-13(18)15(2)3/h8,17H,7,9H2,1-4H3. The average Bonchev–Trinajstić information content (AvgIpc) is 2.76. The lowest BCUT2D eigenvalue weighted by Gasteiger charge is -2.18. The number of thiophene rings is 1. The van der Waals surface area contributed by atoms with E-state index in [1.807, 2.05) is 6.92 Å². The molecular weight excluding hydrogens is 276 g/mol. The first-order valence-electron chi connectivity index (χ1n) is 6.02. The largest absolute Gasteiger partial charge is 0.384 e. The SMILES string of the molecule is Cc1cc(C(=O)N(C)CC(=O)N(C)C)sc1C#CCO. The van der Waals surface area contributed by atoms with Crippen LogP contribution >= 0.6 is 11.3 Å². The molecule has 1 heterocycles. The monoisotopic (exact) mass is 294 g/mol. The fraction of sp³-hybridized carbons (Fsp3) is 0.429. The van der Waals surface area contributed by atoms with Gasteiger partial charge in [0, 0.05) is 21.1 Å². The molecule has 2 amide bonds. The molecule has 1 N–H and O–H groups in total. The van der Waals surface area contributed by atoms with E-state index in [0.29, 0.717) is 4.88 Å². The van der Waals surface area contributed by atoms with Crippen molar-refractivity contribution in [2.24, 2.45) is 0 Å². The van der Waals surface area contributed by atoms with E-state index in [-0.39, 0.29) is 25.0 Å². The summed E-state index contributed by atoms with van der Waals surface area (Å²) in [4.78, 5) is 27.9. The quantitative estimate of drug-likeness (QED) is 0.829. The van der Waals surface area contributed by atoms with Crippen LogP contribution in [0, 0.1) is 18.8 Å². The highest BCUT2D eigenvalue weighted by atomic mass is 32.1. The van der Waals surface area contributed by atoms with Crippen LogP contribution in [0.2, 0.25) is 0 Å². The summed E-state index contributed by atoms with van der Waals surface area (Å²) >= 11 is 1.27. The van der Waals surface area contributed by atoms with E-state index in [2.05, 4.69) is 11.8 Å². The van der Waals surface area contributed by atoms with Crippen LogP contribution in [0.25, 0.3) is 0 Å². The van der Waals surface area contributed by atoms with Crippen molar-refractivity contribution in [2.45, 2.75) is 6.92 Å². The van der Waals surface area contributed by atoms with Gasteiger partial charge in [-0.25, -0.2) is 0 Å². The third-order valence-electron chi connectivity index (χ3n) is 2.63. The zero-order valence-corrected chi connectivity index (χ0v) is 12.9. The zero-order valence-electron chi connectivity index (χ0n) is 12.1. The maximum Gasteiger partial charge on any atom is 0.264 e. The number of rotatable bonds is 3. The number of amides is 2. The second-order valence-electron chi connectivity index (χ2n) is 4.53. The van der Waals surface area contributed by atoms with Gasteiger partial charge in [-0.2, -0.15) is 0 Å². The van der Waals surface area contributed by atoms with E-state index in [1.54, 1.807) is 27.2 Å². The van der Waals surface area contributed by atoms with Gasteiger partial charge in [-0.05, 0) is 18.6 Å². The lowest BCUT2D eigenvalue weighted by Crippen LogP contribution is -2.37. The van der Waals surface area contributed by atoms with Crippen molar-refractivity contribution in [1.82, 2.24) is 9.80 Å². The first-order chi connectivity index (χ1) is 9.36. The fourth-order valence-corrected chi connectivity index (χ4v) is 2.48. The molecular formula is C14H18N2O3S. The van der Waals surface area contributed by atoms with Crippen molar-refractivity contribution in [2.75, 3.05) is 34.3 Å². The van der Waals surface area contributed by atoms with Crippen LogP contribution in [0.1, 0.15) is 20.1 Å². The highest BCUT2D eigenvalue weighted by molar-refractivity contribution is 7.14. The van der Waals surface area contributed by atoms with Gasteiger partial charge in [0.25, 0.3) is 5.91 Å². The van der Waals surface area contributed by atoms with Crippen molar-refractivity contribution >= 4 is 23.2 Å². The van der Waals surface area contributed by atoms with E-state index in [9.17, 15) is 9.59 Å². The first-order valence-corrected chi connectivity index (χ1v) is 6.84. The molecule has 5 nitrogen and oxygen atoms in total. The summed E-state index contributed by atoms with van der Waals surface area (Å²) in [5, 5.41) is 8.69. The summed E-state index contributed by atoms with van der Waals surface area (Å²) < 4.78 is 0. The van der Waals surface area contributed by atoms with Crippen LogP contribution in [0.5, 0.6) is 0 Å². The molecule has 1 rings (SSSR count). The minimum atomic E-state index is -0.210. The molecule has 0 bridgehead atoms. The van der Waals surface area contributed by atoms with Gasteiger partial charge in [0.05, 0.1) is 16.3 Å². The van der Waals surface area contributed by atoms with E-state index < -0.39 is 0 Å². The van der Waals surface area contributed by atoms with Gasteiger partial charge in [0.1, 0.15) is 6.61 Å². The summed E-state index contributed by atoms with van der Waals surface area (Å²) in [5.74, 6) is 5.04. The van der Waals surface area contributed by atoms with Gasteiger partial charge in [-0.3, -0.25) is 9.59 Å². The van der Waals surface area contributed by atoms with Crippen LogP contribution in [0.15, 0.2) is 6.07 Å². The molecule has 0 atom stereocenters. The highest BCUT2D eigenvalue weighted by Gasteiger charge is 2.18. The average molecular weight is 294 g/mol. The Morgan fingerprint density at radius 3 is 2.55 bits per heavy atom. The summed E-state index contributed by atoms with van der Waals surface area (Å²) in [6.45, 7) is 1.69. The number of aliphatic hydroxyl groups excluding tert-OH is 1. The molecule has 0 saturated carbocycles. The number of hydrogen-bond donors (Lipinski definition) is 1. The fourth-order valence-electron chi connectivity index (χ4n) is 1.44. The Morgan fingerprint density at radius 1 is 1.35 bits per heavy atom. The van der Waals surface area contributed by atoms with Gasteiger partial charge >= 0.3 is 0 Å². The number of aliphatic hydroxyl groups is 1. The van der Waals surface area contributed by atoms with Gasteiger partial charge in [-0.1, -0.05) is 11.8 Å². The van der Waals surface area contributed by atoms with Gasteiger partial charge in [0.2, 0.25) is 5.91 Å². The minimum Gasteiger partial charge on any atom is -0.384 e. The molecule has 1 aromatic rings.